The van der Waals surface area contributed by atoms with Crippen LogP contribution in [0.15, 0.2) is 65.4 Å². The molecule has 5 rings (SSSR count). The molecule has 1 aliphatic rings. The van der Waals surface area contributed by atoms with Gasteiger partial charge in [-0.05, 0) is 27.8 Å². The maximum atomic E-state index is 12.7. The van der Waals surface area contributed by atoms with Crippen LogP contribution in [0.2, 0.25) is 0 Å². The molecule has 2 aromatic heterocycles. The smallest absolute Gasteiger partial charge is 0.317 e. The van der Waals surface area contributed by atoms with Gasteiger partial charge in [0.1, 0.15) is 5.01 Å². The Balaban J connectivity index is 1.12. The third-order valence-electron chi connectivity index (χ3n) is 5.65. The van der Waals surface area contributed by atoms with E-state index in [0.717, 1.165) is 49.0 Å². The Morgan fingerprint density at radius 2 is 1.81 bits per heavy atom. The number of aromatic nitrogens is 1. The van der Waals surface area contributed by atoms with Gasteiger partial charge >= 0.3 is 6.03 Å². The molecule has 0 aliphatic carbocycles. The summed E-state index contributed by atoms with van der Waals surface area (Å²) in [7, 11) is 0. The molecule has 0 radical (unpaired) electrons. The van der Waals surface area contributed by atoms with Gasteiger partial charge in [-0.2, -0.15) is 0 Å². The van der Waals surface area contributed by atoms with Crippen LogP contribution in [0.4, 0.5) is 4.79 Å². The second-order valence-corrected chi connectivity index (χ2v) is 9.55. The fourth-order valence-corrected chi connectivity index (χ4v) is 5.55. The van der Waals surface area contributed by atoms with E-state index in [2.05, 4.69) is 57.4 Å². The molecule has 2 aromatic carbocycles. The van der Waals surface area contributed by atoms with E-state index in [1.807, 2.05) is 23.1 Å². The zero-order chi connectivity index (χ0) is 21.0. The van der Waals surface area contributed by atoms with Crippen molar-refractivity contribution in [3.05, 3.63) is 75.9 Å². The maximum absolute atomic E-state index is 12.7. The van der Waals surface area contributed by atoms with Crippen molar-refractivity contribution in [2.45, 2.75) is 13.1 Å². The lowest BCUT2D eigenvalue weighted by Gasteiger charge is -2.34. The van der Waals surface area contributed by atoms with Crippen molar-refractivity contribution in [2.75, 3.05) is 26.2 Å². The fraction of sp³-hybridized carbons (Fsp3) is 0.250. The molecule has 7 heteroatoms. The third kappa shape index (κ3) is 4.63. The average Bonchev–Trinajstić information content (AvgIpc) is 3.50. The van der Waals surface area contributed by atoms with Crippen molar-refractivity contribution >= 4 is 39.5 Å². The first kappa shape index (κ1) is 20.2. The lowest BCUT2D eigenvalue weighted by molar-refractivity contribution is 0.135. The molecule has 0 unspecified atom stereocenters. The van der Waals surface area contributed by atoms with Crippen LogP contribution < -0.4 is 5.32 Å². The molecule has 1 saturated heterocycles. The van der Waals surface area contributed by atoms with Gasteiger partial charge in [-0.1, -0.05) is 48.5 Å². The molecule has 0 spiro atoms. The summed E-state index contributed by atoms with van der Waals surface area (Å²) in [6.45, 7) is 4.62. The summed E-state index contributed by atoms with van der Waals surface area (Å²) in [6, 6.07) is 18.7. The van der Waals surface area contributed by atoms with E-state index in [9.17, 15) is 4.79 Å². The monoisotopic (exact) mass is 448 g/mol. The summed E-state index contributed by atoms with van der Waals surface area (Å²) >= 11 is 3.44. The first-order valence-corrected chi connectivity index (χ1v) is 12.2. The highest BCUT2D eigenvalue weighted by Crippen LogP contribution is 2.26. The van der Waals surface area contributed by atoms with Gasteiger partial charge in [0.05, 0.1) is 17.1 Å². The maximum Gasteiger partial charge on any atom is 0.317 e. The van der Waals surface area contributed by atoms with Crippen LogP contribution in [0.3, 0.4) is 0 Å². The Kier molecular flexibility index (Phi) is 5.97. The quantitative estimate of drug-likeness (QED) is 0.465. The lowest BCUT2D eigenvalue weighted by atomic mass is 10.0. The molecule has 0 atom stereocenters. The number of hydrogen-bond donors (Lipinski definition) is 1. The molecule has 1 aliphatic heterocycles. The Hall–Kier alpha value is -2.74. The van der Waals surface area contributed by atoms with Gasteiger partial charge in [-0.15, -0.1) is 22.7 Å². The molecular weight excluding hydrogens is 424 g/mol. The van der Waals surface area contributed by atoms with E-state index in [1.165, 1.54) is 15.6 Å². The van der Waals surface area contributed by atoms with Gasteiger partial charge in [0.25, 0.3) is 0 Å². The minimum absolute atomic E-state index is 0.0156. The summed E-state index contributed by atoms with van der Waals surface area (Å²) in [4.78, 5) is 23.0. The standard InChI is InChI=1S/C24H24N4OS2/c29-24(25-15-19-7-3-6-18-5-1-2-8-20(18)19)28-12-10-27(11-13-28)16-23-26-21(17-31-23)22-9-4-14-30-22/h1-9,14,17H,10-13,15-16H2,(H,25,29). The molecule has 1 N–H and O–H groups in total. The van der Waals surface area contributed by atoms with Gasteiger partial charge in [0.15, 0.2) is 0 Å². The van der Waals surface area contributed by atoms with Crippen molar-refractivity contribution in [3.63, 3.8) is 0 Å². The van der Waals surface area contributed by atoms with Crippen LogP contribution in [0, 0.1) is 0 Å². The Morgan fingerprint density at radius 3 is 2.65 bits per heavy atom. The van der Waals surface area contributed by atoms with Crippen LogP contribution in [0.25, 0.3) is 21.3 Å². The predicted molar refractivity (Wildman–Crippen MR) is 128 cm³/mol. The van der Waals surface area contributed by atoms with Crippen molar-refractivity contribution in [3.8, 4) is 10.6 Å². The number of urea groups is 1. The Morgan fingerprint density at radius 1 is 0.968 bits per heavy atom. The van der Waals surface area contributed by atoms with Gasteiger partial charge in [0, 0.05) is 38.1 Å². The second-order valence-electron chi connectivity index (χ2n) is 7.66. The molecule has 5 nitrogen and oxygen atoms in total. The van der Waals surface area contributed by atoms with Crippen LogP contribution in [-0.4, -0.2) is 47.0 Å². The number of carbonyl (C=O) groups is 1. The molecule has 3 heterocycles. The van der Waals surface area contributed by atoms with E-state index in [4.69, 9.17) is 4.98 Å². The van der Waals surface area contributed by atoms with Crippen LogP contribution >= 0.6 is 22.7 Å². The number of thiazole rings is 1. The average molecular weight is 449 g/mol. The molecule has 1 fully saturated rings. The summed E-state index contributed by atoms with van der Waals surface area (Å²) in [6.07, 6.45) is 0. The molecule has 0 saturated carbocycles. The number of fused-ring (bicyclic) bond motifs is 1. The highest BCUT2D eigenvalue weighted by atomic mass is 32.1. The number of thiophene rings is 1. The predicted octanol–water partition coefficient (Wildman–Crippen LogP) is 5.05. The fourth-order valence-electron chi connectivity index (χ4n) is 3.95. The third-order valence-corrected chi connectivity index (χ3v) is 7.38. The minimum Gasteiger partial charge on any atom is -0.334 e. The first-order chi connectivity index (χ1) is 15.3. The lowest BCUT2D eigenvalue weighted by Crippen LogP contribution is -2.51. The van der Waals surface area contributed by atoms with Gasteiger partial charge in [0.2, 0.25) is 0 Å². The first-order valence-electron chi connectivity index (χ1n) is 10.5. The number of benzene rings is 2. The normalized spacial score (nSPS) is 14.8. The van der Waals surface area contributed by atoms with E-state index in [1.54, 1.807) is 22.7 Å². The van der Waals surface area contributed by atoms with E-state index < -0.39 is 0 Å². The second kappa shape index (κ2) is 9.18. The van der Waals surface area contributed by atoms with Crippen molar-refractivity contribution in [1.29, 1.82) is 0 Å². The number of rotatable bonds is 5. The topological polar surface area (TPSA) is 48.5 Å². The van der Waals surface area contributed by atoms with Crippen LogP contribution in [-0.2, 0) is 13.1 Å². The largest absolute Gasteiger partial charge is 0.334 e. The number of nitrogens with one attached hydrogen (secondary N) is 1. The summed E-state index contributed by atoms with van der Waals surface area (Å²) in [5.41, 5.74) is 2.22. The summed E-state index contributed by atoms with van der Waals surface area (Å²) in [5, 5.41) is 10.9. The molecule has 4 aromatic rings. The Bertz CT molecular complexity index is 1160. The minimum atomic E-state index is 0.0156. The van der Waals surface area contributed by atoms with Crippen molar-refractivity contribution in [2.24, 2.45) is 0 Å². The van der Waals surface area contributed by atoms with Crippen LogP contribution in [0.1, 0.15) is 10.6 Å². The molecule has 0 bridgehead atoms. The van der Waals surface area contributed by atoms with Crippen molar-refractivity contribution < 1.29 is 4.79 Å². The van der Waals surface area contributed by atoms with Crippen molar-refractivity contribution in [1.82, 2.24) is 20.1 Å². The number of piperazine rings is 1. The molecule has 31 heavy (non-hydrogen) atoms. The molecule has 2 amide bonds. The molecular formula is C24H24N4OS2. The number of amides is 2. The zero-order valence-electron chi connectivity index (χ0n) is 17.2. The summed E-state index contributed by atoms with van der Waals surface area (Å²) < 4.78 is 0. The van der Waals surface area contributed by atoms with Crippen LogP contribution in [0.5, 0.6) is 0 Å². The van der Waals surface area contributed by atoms with E-state index >= 15 is 0 Å². The molecule has 158 valence electrons. The zero-order valence-corrected chi connectivity index (χ0v) is 18.8. The SMILES string of the molecule is O=C(NCc1cccc2ccccc12)N1CCN(Cc2nc(-c3cccs3)cs2)CC1. The van der Waals surface area contributed by atoms with E-state index in [-0.39, 0.29) is 6.03 Å². The van der Waals surface area contributed by atoms with Gasteiger partial charge in [-0.25, -0.2) is 9.78 Å². The number of nitrogens with zero attached hydrogens (tertiary/aromatic N) is 3. The number of hydrogen-bond acceptors (Lipinski definition) is 5. The number of carbonyl (C=O) groups excluding carboxylic acids is 1. The Labute approximate surface area is 190 Å². The highest BCUT2D eigenvalue weighted by molar-refractivity contribution is 7.14. The van der Waals surface area contributed by atoms with E-state index in [0.29, 0.717) is 6.54 Å². The highest BCUT2D eigenvalue weighted by Gasteiger charge is 2.22. The summed E-state index contributed by atoms with van der Waals surface area (Å²) in [5.74, 6) is 0. The van der Waals surface area contributed by atoms with Gasteiger partial charge < -0.3 is 10.2 Å². The van der Waals surface area contributed by atoms with Gasteiger partial charge in [-0.3, -0.25) is 4.90 Å².